The van der Waals surface area contributed by atoms with E-state index in [-0.39, 0.29) is 0 Å². The number of hydrogen-bond donors (Lipinski definition) is 0. The molecule has 17 heavy (non-hydrogen) atoms. The SMILES string of the molecule is C[Si](C)(C)C#Cc1cncc(-n2cncn2)c1. The van der Waals surface area contributed by atoms with E-state index in [1.807, 2.05) is 6.07 Å². The van der Waals surface area contributed by atoms with Gasteiger partial charge in [0, 0.05) is 11.8 Å². The summed E-state index contributed by atoms with van der Waals surface area (Å²) in [4.78, 5) is 8.07. The zero-order chi connectivity index (χ0) is 12.3. The molecule has 0 aliphatic carbocycles. The molecule has 4 nitrogen and oxygen atoms in total. The fourth-order valence-corrected chi connectivity index (χ4v) is 1.74. The van der Waals surface area contributed by atoms with E-state index >= 15 is 0 Å². The third kappa shape index (κ3) is 3.26. The minimum atomic E-state index is -1.35. The molecule has 2 rings (SSSR count). The van der Waals surface area contributed by atoms with E-state index < -0.39 is 8.07 Å². The zero-order valence-corrected chi connectivity index (χ0v) is 11.2. The van der Waals surface area contributed by atoms with Crippen LogP contribution in [0.5, 0.6) is 0 Å². The number of pyridine rings is 1. The van der Waals surface area contributed by atoms with Crippen LogP contribution in [-0.4, -0.2) is 27.8 Å². The highest BCUT2D eigenvalue weighted by atomic mass is 28.3. The average Bonchev–Trinajstić information content (AvgIpc) is 2.79. The van der Waals surface area contributed by atoms with Crippen molar-refractivity contribution >= 4 is 8.07 Å². The van der Waals surface area contributed by atoms with Crippen LogP contribution in [0.1, 0.15) is 5.56 Å². The Bertz CT molecular complexity index is 558. The first-order valence-electron chi connectivity index (χ1n) is 5.38. The van der Waals surface area contributed by atoms with Crippen LogP contribution in [0, 0.1) is 11.5 Å². The van der Waals surface area contributed by atoms with Crippen molar-refractivity contribution in [3.05, 3.63) is 36.7 Å². The lowest BCUT2D eigenvalue weighted by Gasteiger charge is -2.04. The Morgan fingerprint density at radius 1 is 1.18 bits per heavy atom. The van der Waals surface area contributed by atoms with Gasteiger partial charge >= 0.3 is 0 Å². The fraction of sp³-hybridized carbons (Fsp3) is 0.250. The molecular weight excluding hydrogens is 228 g/mol. The van der Waals surface area contributed by atoms with Gasteiger partial charge in [-0.15, -0.1) is 5.54 Å². The molecule has 0 bridgehead atoms. The highest BCUT2D eigenvalue weighted by Crippen LogP contribution is 2.06. The van der Waals surface area contributed by atoms with Crippen LogP contribution in [0.2, 0.25) is 19.6 Å². The van der Waals surface area contributed by atoms with Crippen molar-refractivity contribution in [1.82, 2.24) is 19.7 Å². The molecule has 86 valence electrons. The van der Waals surface area contributed by atoms with Crippen LogP contribution in [0.3, 0.4) is 0 Å². The molecule has 0 atom stereocenters. The van der Waals surface area contributed by atoms with Crippen molar-refractivity contribution < 1.29 is 0 Å². The summed E-state index contributed by atoms with van der Waals surface area (Å²) in [6.07, 6.45) is 6.66. The molecule has 2 aromatic rings. The van der Waals surface area contributed by atoms with Crippen molar-refractivity contribution in [2.45, 2.75) is 19.6 Å². The Kier molecular flexibility index (Phi) is 3.07. The zero-order valence-electron chi connectivity index (χ0n) is 10.2. The van der Waals surface area contributed by atoms with Gasteiger partial charge in [-0.25, -0.2) is 9.67 Å². The molecule has 0 aliphatic heterocycles. The molecule has 5 heteroatoms. The standard InChI is InChI=1S/C12H14N4Si/c1-17(2,3)5-4-11-6-12(8-13-7-11)16-10-14-9-15-16/h6-10H,1-3H3. The maximum atomic E-state index is 4.17. The van der Waals surface area contributed by atoms with Crippen molar-refractivity contribution in [1.29, 1.82) is 0 Å². The van der Waals surface area contributed by atoms with Gasteiger partial charge in [0.15, 0.2) is 0 Å². The van der Waals surface area contributed by atoms with E-state index in [1.54, 1.807) is 23.4 Å². The Morgan fingerprint density at radius 2 is 2.00 bits per heavy atom. The van der Waals surface area contributed by atoms with Crippen molar-refractivity contribution in [2.75, 3.05) is 0 Å². The molecule has 0 aliphatic rings. The first-order chi connectivity index (χ1) is 8.04. The van der Waals surface area contributed by atoms with Gasteiger partial charge in [0.05, 0.1) is 11.9 Å². The predicted octanol–water partition coefficient (Wildman–Crippen LogP) is 1.89. The smallest absolute Gasteiger partial charge is 0.138 e. The second-order valence-corrected chi connectivity index (χ2v) is 9.52. The van der Waals surface area contributed by atoms with Crippen LogP contribution in [0.4, 0.5) is 0 Å². The summed E-state index contributed by atoms with van der Waals surface area (Å²) in [7, 11) is -1.35. The van der Waals surface area contributed by atoms with Crippen LogP contribution >= 0.6 is 0 Å². The molecule has 2 aromatic heterocycles. The molecule has 0 saturated carbocycles. The largest absolute Gasteiger partial charge is 0.261 e. The van der Waals surface area contributed by atoms with Gasteiger partial charge in [-0.2, -0.15) is 5.10 Å². The lowest BCUT2D eigenvalue weighted by molar-refractivity contribution is 0.871. The van der Waals surface area contributed by atoms with Crippen LogP contribution in [0.25, 0.3) is 5.69 Å². The molecule has 0 unspecified atom stereocenters. The highest BCUT2D eigenvalue weighted by molar-refractivity contribution is 6.83. The van der Waals surface area contributed by atoms with E-state index in [1.165, 1.54) is 6.33 Å². The molecule has 0 radical (unpaired) electrons. The first-order valence-corrected chi connectivity index (χ1v) is 8.88. The molecule has 0 N–H and O–H groups in total. The van der Waals surface area contributed by atoms with Crippen LogP contribution in [-0.2, 0) is 0 Å². The Morgan fingerprint density at radius 3 is 2.65 bits per heavy atom. The third-order valence-corrected chi connectivity index (χ3v) is 2.86. The molecular formula is C12H14N4Si. The lowest BCUT2D eigenvalue weighted by Crippen LogP contribution is -2.16. The van der Waals surface area contributed by atoms with Gasteiger partial charge in [0.2, 0.25) is 0 Å². The summed E-state index contributed by atoms with van der Waals surface area (Å²) in [5.41, 5.74) is 5.11. The van der Waals surface area contributed by atoms with Crippen LogP contribution < -0.4 is 0 Å². The summed E-state index contributed by atoms with van der Waals surface area (Å²) >= 11 is 0. The van der Waals surface area contributed by atoms with Gasteiger partial charge in [0.1, 0.15) is 20.7 Å². The predicted molar refractivity (Wildman–Crippen MR) is 69.4 cm³/mol. The second kappa shape index (κ2) is 4.51. The molecule has 2 heterocycles. The van der Waals surface area contributed by atoms with Gasteiger partial charge in [0.25, 0.3) is 0 Å². The number of rotatable bonds is 1. The minimum absolute atomic E-state index is 0.880. The van der Waals surface area contributed by atoms with Crippen molar-refractivity contribution in [3.8, 4) is 17.2 Å². The number of hydrogen-bond acceptors (Lipinski definition) is 3. The maximum absolute atomic E-state index is 4.17. The van der Waals surface area contributed by atoms with E-state index in [0.29, 0.717) is 0 Å². The van der Waals surface area contributed by atoms with Gasteiger partial charge < -0.3 is 0 Å². The van der Waals surface area contributed by atoms with Gasteiger partial charge in [-0.05, 0) is 6.07 Å². The summed E-state index contributed by atoms with van der Waals surface area (Å²) in [5, 5.41) is 4.06. The topological polar surface area (TPSA) is 43.6 Å². The monoisotopic (exact) mass is 242 g/mol. The Hall–Kier alpha value is -1.93. The highest BCUT2D eigenvalue weighted by Gasteiger charge is 2.07. The van der Waals surface area contributed by atoms with Crippen LogP contribution in [0.15, 0.2) is 31.1 Å². The normalized spacial score (nSPS) is 10.8. The maximum Gasteiger partial charge on any atom is 0.138 e. The molecule has 0 amide bonds. The lowest BCUT2D eigenvalue weighted by atomic mass is 10.3. The summed E-state index contributed by atoms with van der Waals surface area (Å²) < 4.78 is 1.67. The fourth-order valence-electron chi connectivity index (χ4n) is 1.22. The first kappa shape index (κ1) is 11.5. The summed E-state index contributed by atoms with van der Waals surface area (Å²) in [6.45, 7) is 6.65. The van der Waals surface area contributed by atoms with E-state index in [9.17, 15) is 0 Å². The Balaban J connectivity index is 2.32. The third-order valence-electron chi connectivity index (χ3n) is 1.99. The molecule has 0 fully saturated rings. The van der Waals surface area contributed by atoms with Gasteiger partial charge in [-0.3, -0.25) is 4.98 Å². The number of aromatic nitrogens is 4. The quantitative estimate of drug-likeness (QED) is 0.566. The Labute approximate surface area is 102 Å². The molecule has 0 aromatic carbocycles. The number of nitrogens with zero attached hydrogens (tertiary/aromatic N) is 4. The van der Waals surface area contributed by atoms with E-state index in [2.05, 4.69) is 46.2 Å². The minimum Gasteiger partial charge on any atom is -0.261 e. The second-order valence-electron chi connectivity index (χ2n) is 4.77. The summed E-state index contributed by atoms with van der Waals surface area (Å²) in [6, 6.07) is 1.97. The van der Waals surface area contributed by atoms with Crippen molar-refractivity contribution in [3.63, 3.8) is 0 Å². The van der Waals surface area contributed by atoms with Crippen molar-refractivity contribution in [2.24, 2.45) is 0 Å². The summed E-state index contributed by atoms with van der Waals surface area (Å²) in [5.74, 6) is 3.17. The molecule has 0 spiro atoms. The van der Waals surface area contributed by atoms with E-state index in [0.717, 1.165) is 11.3 Å². The van der Waals surface area contributed by atoms with E-state index in [4.69, 9.17) is 0 Å². The average molecular weight is 242 g/mol. The van der Waals surface area contributed by atoms with Gasteiger partial charge in [-0.1, -0.05) is 25.6 Å². The molecule has 0 saturated heterocycles.